The van der Waals surface area contributed by atoms with E-state index >= 15 is 0 Å². The zero-order chi connectivity index (χ0) is 24.9. The molecule has 1 fully saturated rings. The van der Waals surface area contributed by atoms with Crippen LogP contribution in [0.4, 0.5) is 9.59 Å². The van der Waals surface area contributed by atoms with E-state index in [1.165, 1.54) is 11.9 Å². The van der Waals surface area contributed by atoms with E-state index in [-0.39, 0.29) is 31.3 Å². The second-order valence-corrected chi connectivity index (χ2v) is 9.26. The summed E-state index contributed by atoms with van der Waals surface area (Å²) in [6.07, 6.45) is 2.22. The van der Waals surface area contributed by atoms with E-state index in [0.717, 1.165) is 38.0 Å². The lowest BCUT2D eigenvalue weighted by molar-refractivity contribution is 0.0318. The SMILES string of the molecule is CNC[C@H](CC1CCOCC1)NC(=O)N(C)CC[C@@H](OCCN(C)C(=O)O)c1cccc(Cl)c1. The van der Waals surface area contributed by atoms with Crippen molar-refractivity contribution in [2.75, 3.05) is 60.6 Å². The van der Waals surface area contributed by atoms with E-state index in [2.05, 4.69) is 10.6 Å². The molecule has 0 bridgehead atoms. The molecule has 192 valence electrons. The van der Waals surface area contributed by atoms with Crippen LogP contribution in [0.2, 0.25) is 5.02 Å². The van der Waals surface area contributed by atoms with Gasteiger partial charge >= 0.3 is 12.1 Å². The summed E-state index contributed by atoms with van der Waals surface area (Å²) in [5.74, 6) is 0.558. The largest absolute Gasteiger partial charge is 0.465 e. The van der Waals surface area contributed by atoms with Gasteiger partial charge in [-0.1, -0.05) is 23.7 Å². The molecule has 9 nitrogen and oxygen atoms in total. The molecule has 2 atom stereocenters. The van der Waals surface area contributed by atoms with Gasteiger partial charge in [0.2, 0.25) is 0 Å². The molecule has 0 unspecified atom stereocenters. The maximum atomic E-state index is 12.9. The third-order valence-electron chi connectivity index (χ3n) is 6.10. The Kier molecular flexibility index (Phi) is 12.5. The van der Waals surface area contributed by atoms with Crippen LogP contribution in [0, 0.1) is 5.92 Å². The van der Waals surface area contributed by atoms with Crippen molar-refractivity contribution in [3.05, 3.63) is 34.9 Å². The summed E-state index contributed by atoms with van der Waals surface area (Å²) in [5.41, 5.74) is 0.895. The first kappa shape index (κ1) is 28.2. The van der Waals surface area contributed by atoms with Crippen LogP contribution < -0.4 is 10.6 Å². The molecule has 1 aliphatic heterocycles. The summed E-state index contributed by atoms with van der Waals surface area (Å²) in [6, 6.07) is 7.34. The van der Waals surface area contributed by atoms with Crippen molar-refractivity contribution in [1.29, 1.82) is 0 Å². The molecule has 0 aliphatic carbocycles. The van der Waals surface area contributed by atoms with E-state index in [1.54, 1.807) is 18.0 Å². The van der Waals surface area contributed by atoms with Crippen molar-refractivity contribution < 1.29 is 24.2 Å². The summed E-state index contributed by atoms with van der Waals surface area (Å²) >= 11 is 6.17. The highest BCUT2D eigenvalue weighted by Gasteiger charge is 2.22. The lowest BCUT2D eigenvalue weighted by Gasteiger charge is -2.29. The van der Waals surface area contributed by atoms with Crippen LogP contribution in [0.3, 0.4) is 0 Å². The van der Waals surface area contributed by atoms with Gasteiger partial charge in [-0.25, -0.2) is 9.59 Å². The molecule has 0 radical (unpaired) electrons. The molecule has 1 aromatic carbocycles. The third kappa shape index (κ3) is 10.0. The molecule has 3 amide bonds. The number of carbonyl (C=O) groups excluding carboxylic acids is 1. The van der Waals surface area contributed by atoms with Crippen LogP contribution in [-0.2, 0) is 9.47 Å². The van der Waals surface area contributed by atoms with Crippen LogP contribution >= 0.6 is 11.6 Å². The first-order valence-corrected chi connectivity index (χ1v) is 12.2. The maximum absolute atomic E-state index is 12.9. The summed E-state index contributed by atoms with van der Waals surface area (Å²) in [6.45, 7) is 3.26. The van der Waals surface area contributed by atoms with E-state index in [9.17, 15) is 9.59 Å². The van der Waals surface area contributed by atoms with Crippen molar-refractivity contribution in [3.63, 3.8) is 0 Å². The molecule has 1 saturated heterocycles. The lowest BCUT2D eigenvalue weighted by Crippen LogP contribution is -2.48. The topological polar surface area (TPSA) is 103 Å². The monoisotopic (exact) mass is 498 g/mol. The number of carboxylic acid groups (broad SMARTS) is 1. The van der Waals surface area contributed by atoms with E-state index < -0.39 is 6.09 Å². The minimum absolute atomic E-state index is 0.0505. The molecular formula is C24H39ClN4O5. The smallest absolute Gasteiger partial charge is 0.407 e. The second kappa shape index (κ2) is 15.0. The molecule has 10 heteroatoms. The predicted octanol–water partition coefficient (Wildman–Crippen LogP) is 3.44. The van der Waals surface area contributed by atoms with Crippen LogP contribution in [0.5, 0.6) is 0 Å². The van der Waals surface area contributed by atoms with Crippen molar-refractivity contribution in [1.82, 2.24) is 20.4 Å². The fourth-order valence-corrected chi connectivity index (χ4v) is 4.20. The van der Waals surface area contributed by atoms with Gasteiger partial charge in [-0.3, -0.25) is 0 Å². The van der Waals surface area contributed by atoms with Crippen molar-refractivity contribution >= 4 is 23.7 Å². The normalized spacial score (nSPS) is 16.0. The fourth-order valence-electron chi connectivity index (χ4n) is 4.00. The Morgan fingerprint density at radius 2 is 1.97 bits per heavy atom. The molecule has 1 aliphatic rings. The highest BCUT2D eigenvalue weighted by Crippen LogP contribution is 2.24. The Bertz CT molecular complexity index is 763. The van der Waals surface area contributed by atoms with Gasteiger partial charge in [-0.15, -0.1) is 0 Å². The van der Waals surface area contributed by atoms with E-state index in [4.69, 9.17) is 26.2 Å². The summed E-state index contributed by atoms with van der Waals surface area (Å²) in [5, 5.41) is 16.0. The van der Waals surface area contributed by atoms with Crippen LogP contribution in [-0.4, -0.2) is 93.7 Å². The summed E-state index contributed by atoms with van der Waals surface area (Å²) < 4.78 is 11.5. The van der Waals surface area contributed by atoms with Crippen LogP contribution in [0.25, 0.3) is 0 Å². The average Bonchev–Trinajstić information content (AvgIpc) is 2.81. The zero-order valence-corrected chi connectivity index (χ0v) is 21.2. The van der Waals surface area contributed by atoms with Gasteiger partial charge in [0, 0.05) is 58.0 Å². The van der Waals surface area contributed by atoms with Crippen molar-refractivity contribution in [2.24, 2.45) is 5.92 Å². The number of ether oxygens (including phenoxy) is 2. The van der Waals surface area contributed by atoms with Gasteiger partial charge in [0.1, 0.15) is 0 Å². The highest BCUT2D eigenvalue weighted by molar-refractivity contribution is 6.30. The first-order chi connectivity index (χ1) is 16.3. The highest BCUT2D eigenvalue weighted by atomic mass is 35.5. The number of amides is 3. The third-order valence-corrected chi connectivity index (χ3v) is 6.34. The van der Waals surface area contributed by atoms with Gasteiger partial charge < -0.3 is 35.0 Å². The number of nitrogens with one attached hydrogen (secondary N) is 2. The van der Waals surface area contributed by atoms with Crippen LogP contribution in [0.15, 0.2) is 24.3 Å². The number of nitrogens with zero attached hydrogens (tertiary/aromatic N) is 2. The number of rotatable bonds is 13. The van der Waals surface area contributed by atoms with Gasteiger partial charge in [0.25, 0.3) is 0 Å². The number of likely N-dealkylation sites (N-methyl/N-ethyl adjacent to an activating group) is 2. The lowest BCUT2D eigenvalue weighted by atomic mass is 9.92. The number of hydrogen-bond donors (Lipinski definition) is 3. The van der Waals surface area contributed by atoms with Crippen molar-refractivity contribution in [2.45, 2.75) is 37.8 Å². The molecule has 0 saturated carbocycles. The predicted molar refractivity (Wildman–Crippen MR) is 132 cm³/mol. The summed E-state index contributed by atoms with van der Waals surface area (Å²) in [4.78, 5) is 26.8. The zero-order valence-electron chi connectivity index (χ0n) is 20.5. The Labute approximate surface area is 207 Å². The molecule has 0 aromatic heterocycles. The van der Waals surface area contributed by atoms with Gasteiger partial charge in [-0.2, -0.15) is 0 Å². The van der Waals surface area contributed by atoms with E-state index in [0.29, 0.717) is 30.5 Å². The van der Waals surface area contributed by atoms with Gasteiger partial charge in [-0.05, 0) is 56.3 Å². The molecular weight excluding hydrogens is 460 g/mol. The second-order valence-electron chi connectivity index (χ2n) is 8.82. The Balaban J connectivity index is 1.91. The Morgan fingerprint density at radius 3 is 2.62 bits per heavy atom. The molecule has 1 aromatic rings. The standard InChI is InChI=1S/C24H39ClN4O5/c1-26-17-21(15-18-8-12-33-13-9-18)27-23(30)28(2)10-7-22(19-5-4-6-20(25)16-19)34-14-11-29(3)24(31)32/h4-6,16,18,21-22,26H,7-15,17H2,1-3H3,(H,27,30)(H,31,32)/t21-,22+/m0/s1. The fraction of sp³-hybridized carbons (Fsp3) is 0.667. The first-order valence-electron chi connectivity index (χ1n) is 11.8. The number of carbonyl (C=O) groups is 2. The minimum atomic E-state index is -1.00. The molecule has 3 N–H and O–H groups in total. The van der Waals surface area contributed by atoms with E-state index in [1.807, 2.05) is 25.2 Å². The van der Waals surface area contributed by atoms with Crippen molar-refractivity contribution in [3.8, 4) is 0 Å². The molecule has 0 spiro atoms. The number of hydrogen-bond acceptors (Lipinski definition) is 5. The Morgan fingerprint density at radius 1 is 1.24 bits per heavy atom. The minimum Gasteiger partial charge on any atom is -0.465 e. The molecule has 1 heterocycles. The summed E-state index contributed by atoms with van der Waals surface area (Å²) in [7, 11) is 5.16. The number of benzene rings is 1. The molecule has 2 rings (SSSR count). The van der Waals surface area contributed by atoms with Gasteiger partial charge in [0.15, 0.2) is 0 Å². The van der Waals surface area contributed by atoms with Gasteiger partial charge in [0.05, 0.1) is 12.7 Å². The van der Waals surface area contributed by atoms with Crippen LogP contribution in [0.1, 0.15) is 37.4 Å². The number of urea groups is 1. The molecule has 34 heavy (non-hydrogen) atoms. The Hall–Kier alpha value is -2.07. The maximum Gasteiger partial charge on any atom is 0.407 e. The quantitative estimate of drug-likeness (QED) is 0.385. The average molecular weight is 499 g/mol. The number of halogens is 1.